The number of aliphatic hydroxyl groups is 1. The third-order valence-corrected chi connectivity index (χ3v) is 2.68. The number of rotatable bonds is 1. The Labute approximate surface area is 92.7 Å². The van der Waals surface area contributed by atoms with Gasteiger partial charge in [0.2, 0.25) is 5.56 Å². The number of piperidine rings is 1. The van der Waals surface area contributed by atoms with E-state index in [1.165, 1.54) is 6.07 Å². The van der Waals surface area contributed by atoms with E-state index < -0.39 is 6.10 Å². The monoisotopic (exact) mass is 222 g/mol. The molecule has 2 rings (SSSR count). The molecule has 1 aromatic rings. The molecule has 1 aromatic heterocycles. The molecule has 2 N–H and O–H groups in total. The predicted molar refractivity (Wildman–Crippen MR) is 58.2 cm³/mol. The number of nitrogens with zero attached hydrogens (tertiary/aromatic N) is 1. The zero-order valence-electron chi connectivity index (χ0n) is 8.85. The second kappa shape index (κ2) is 4.49. The summed E-state index contributed by atoms with van der Waals surface area (Å²) in [7, 11) is 0. The molecule has 1 aliphatic heterocycles. The van der Waals surface area contributed by atoms with E-state index in [9.17, 15) is 14.7 Å². The molecule has 16 heavy (non-hydrogen) atoms. The second-order valence-corrected chi connectivity index (χ2v) is 3.98. The third-order valence-electron chi connectivity index (χ3n) is 2.68. The van der Waals surface area contributed by atoms with Gasteiger partial charge < -0.3 is 15.0 Å². The number of β-amino-alcohol motifs (C(OH)–C–C–N with tert-alkyl or cyclic N) is 1. The lowest BCUT2D eigenvalue weighted by molar-refractivity contribution is 0.0468. The van der Waals surface area contributed by atoms with Crippen LogP contribution in [0.25, 0.3) is 0 Å². The number of hydrogen-bond donors (Lipinski definition) is 2. The van der Waals surface area contributed by atoms with Gasteiger partial charge in [0.05, 0.1) is 6.10 Å². The van der Waals surface area contributed by atoms with Gasteiger partial charge in [-0.25, -0.2) is 0 Å². The van der Waals surface area contributed by atoms with Crippen molar-refractivity contribution in [1.29, 1.82) is 0 Å². The van der Waals surface area contributed by atoms with E-state index in [0.29, 0.717) is 13.1 Å². The van der Waals surface area contributed by atoms with Crippen molar-refractivity contribution in [2.75, 3.05) is 13.1 Å². The first-order valence-electron chi connectivity index (χ1n) is 5.33. The molecule has 1 fully saturated rings. The average molecular weight is 222 g/mol. The Balaban J connectivity index is 2.15. The van der Waals surface area contributed by atoms with Gasteiger partial charge in [0.15, 0.2) is 0 Å². The molecule has 0 saturated carbocycles. The number of aromatic amines is 1. The van der Waals surface area contributed by atoms with E-state index in [1.807, 2.05) is 0 Å². The summed E-state index contributed by atoms with van der Waals surface area (Å²) >= 11 is 0. The molecule has 1 saturated heterocycles. The van der Waals surface area contributed by atoms with Crippen LogP contribution < -0.4 is 5.56 Å². The summed E-state index contributed by atoms with van der Waals surface area (Å²) in [6, 6.07) is 4.49. The Kier molecular flexibility index (Phi) is 3.05. The molecule has 0 spiro atoms. The van der Waals surface area contributed by atoms with Crippen molar-refractivity contribution in [2.45, 2.75) is 18.9 Å². The molecule has 2 heterocycles. The van der Waals surface area contributed by atoms with Crippen LogP contribution in [0.1, 0.15) is 23.3 Å². The maximum atomic E-state index is 11.9. The smallest absolute Gasteiger partial charge is 0.270 e. The summed E-state index contributed by atoms with van der Waals surface area (Å²) in [6.45, 7) is 0.975. The average Bonchev–Trinajstić information content (AvgIpc) is 2.28. The fraction of sp³-hybridized carbons (Fsp3) is 0.455. The van der Waals surface area contributed by atoms with E-state index >= 15 is 0 Å². The van der Waals surface area contributed by atoms with Crippen LogP contribution in [0.5, 0.6) is 0 Å². The van der Waals surface area contributed by atoms with Gasteiger partial charge in [-0.15, -0.1) is 0 Å². The van der Waals surface area contributed by atoms with E-state index in [1.54, 1.807) is 17.0 Å². The van der Waals surface area contributed by atoms with E-state index in [0.717, 1.165) is 12.8 Å². The number of hydrogen-bond acceptors (Lipinski definition) is 3. The molecule has 0 bridgehead atoms. The summed E-state index contributed by atoms with van der Waals surface area (Å²) in [4.78, 5) is 27.1. The lowest BCUT2D eigenvalue weighted by atomic mass is 10.1. The zero-order valence-corrected chi connectivity index (χ0v) is 8.85. The van der Waals surface area contributed by atoms with Crippen LogP contribution in [0.2, 0.25) is 0 Å². The van der Waals surface area contributed by atoms with Gasteiger partial charge in [-0.2, -0.15) is 0 Å². The number of H-pyrrole nitrogens is 1. The topological polar surface area (TPSA) is 73.4 Å². The van der Waals surface area contributed by atoms with Crippen LogP contribution in [0.3, 0.4) is 0 Å². The summed E-state index contributed by atoms with van der Waals surface area (Å²) in [5, 5.41) is 9.46. The minimum atomic E-state index is -0.451. The van der Waals surface area contributed by atoms with Crippen molar-refractivity contribution in [3.63, 3.8) is 0 Å². The van der Waals surface area contributed by atoms with Crippen molar-refractivity contribution in [3.8, 4) is 0 Å². The third kappa shape index (κ3) is 2.30. The second-order valence-electron chi connectivity index (χ2n) is 3.98. The minimum Gasteiger partial charge on any atom is -0.391 e. The fourth-order valence-electron chi connectivity index (χ4n) is 1.88. The maximum absolute atomic E-state index is 11.9. The first-order valence-corrected chi connectivity index (χ1v) is 5.33. The molecule has 1 amide bonds. The Morgan fingerprint density at radius 1 is 1.50 bits per heavy atom. The minimum absolute atomic E-state index is 0.226. The number of likely N-dealkylation sites (tertiary alicyclic amines) is 1. The number of nitrogens with one attached hydrogen (secondary N) is 1. The highest BCUT2D eigenvalue weighted by Crippen LogP contribution is 2.12. The molecule has 0 aliphatic carbocycles. The molecular weight excluding hydrogens is 208 g/mol. The molecule has 5 nitrogen and oxygen atoms in total. The maximum Gasteiger partial charge on any atom is 0.270 e. The van der Waals surface area contributed by atoms with Crippen molar-refractivity contribution in [3.05, 3.63) is 34.2 Å². The highest BCUT2D eigenvalue weighted by molar-refractivity contribution is 5.92. The number of amides is 1. The lowest BCUT2D eigenvalue weighted by Crippen LogP contribution is -2.42. The largest absolute Gasteiger partial charge is 0.391 e. The number of carbonyl (C=O) groups is 1. The molecule has 5 heteroatoms. The first-order chi connectivity index (χ1) is 7.66. The van der Waals surface area contributed by atoms with Crippen LogP contribution in [0.15, 0.2) is 23.0 Å². The van der Waals surface area contributed by atoms with E-state index in [-0.39, 0.29) is 17.2 Å². The van der Waals surface area contributed by atoms with E-state index in [4.69, 9.17) is 0 Å². The fourth-order valence-corrected chi connectivity index (χ4v) is 1.88. The molecule has 0 aromatic carbocycles. The van der Waals surface area contributed by atoms with Gasteiger partial charge >= 0.3 is 0 Å². The summed E-state index contributed by atoms with van der Waals surface area (Å²) in [5.41, 5.74) is -0.00925. The van der Waals surface area contributed by atoms with Crippen LogP contribution >= 0.6 is 0 Å². The summed E-state index contributed by atoms with van der Waals surface area (Å²) in [6.07, 6.45) is 1.08. The predicted octanol–water partition coefficient (Wildman–Crippen LogP) is -0.0282. The Hall–Kier alpha value is -1.62. The molecule has 86 valence electrons. The highest BCUT2D eigenvalue weighted by Gasteiger charge is 2.23. The Morgan fingerprint density at radius 2 is 2.31 bits per heavy atom. The van der Waals surface area contributed by atoms with Crippen LogP contribution in [0.4, 0.5) is 0 Å². The number of carbonyl (C=O) groups excluding carboxylic acids is 1. The SMILES string of the molecule is O=C(c1cccc(=O)[nH]1)N1CCC[C@H](O)C1. The lowest BCUT2D eigenvalue weighted by Gasteiger charge is -2.29. The molecular formula is C11H14N2O3. The van der Waals surface area contributed by atoms with Crippen molar-refractivity contribution >= 4 is 5.91 Å². The van der Waals surface area contributed by atoms with Gasteiger partial charge in [0.1, 0.15) is 5.69 Å². The molecule has 1 atom stereocenters. The zero-order chi connectivity index (χ0) is 11.5. The van der Waals surface area contributed by atoms with Gasteiger partial charge in [-0.3, -0.25) is 9.59 Å². The first kappa shape index (κ1) is 10.9. The molecule has 1 aliphatic rings. The van der Waals surface area contributed by atoms with Crippen molar-refractivity contribution in [2.24, 2.45) is 0 Å². The number of aromatic nitrogens is 1. The van der Waals surface area contributed by atoms with Crippen molar-refractivity contribution < 1.29 is 9.90 Å². The Morgan fingerprint density at radius 3 is 3.00 bits per heavy atom. The molecule has 0 unspecified atom stereocenters. The molecule has 0 radical (unpaired) electrons. The van der Waals surface area contributed by atoms with Crippen molar-refractivity contribution in [1.82, 2.24) is 9.88 Å². The van der Waals surface area contributed by atoms with Gasteiger partial charge in [-0.1, -0.05) is 6.07 Å². The number of aliphatic hydroxyl groups excluding tert-OH is 1. The summed E-state index contributed by atoms with van der Waals surface area (Å²) < 4.78 is 0. The normalized spacial score (nSPS) is 20.8. The van der Waals surface area contributed by atoms with Gasteiger partial charge in [0.25, 0.3) is 5.91 Å². The van der Waals surface area contributed by atoms with Crippen LogP contribution in [-0.4, -0.2) is 40.1 Å². The van der Waals surface area contributed by atoms with Gasteiger partial charge in [-0.05, 0) is 18.9 Å². The highest BCUT2D eigenvalue weighted by atomic mass is 16.3. The van der Waals surface area contributed by atoms with Gasteiger partial charge in [0, 0.05) is 19.2 Å². The standard InChI is InChI=1S/C11H14N2O3/c14-8-3-2-6-13(7-8)11(16)9-4-1-5-10(15)12-9/h1,4-5,8,14H,2-3,6-7H2,(H,12,15)/t8-/m0/s1. The summed E-state index contributed by atoms with van der Waals surface area (Å²) in [5.74, 6) is -0.226. The van der Waals surface area contributed by atoms with Crippen LogP contribution in [-0.2, 0) is 0 Å². The van der Waals surface area contributed by atoms with Crippen LogP contribution in [0, 0.1) is 0 Å². The number of pyridine rings is 1. The Bertz CT molecular complexity index is 441. The van der Waals surface area contributed by atoms with E-state index in [2.05, 4.69) is 4.98 Å². The quantitative estimate of drug-likeness (QED) is 0.701.